The number of aliphatic hydroxyl groups is 3. The molecule has 0 aliphatic carbocycles. The first-order chi connectivity index (χ1) is 13.6. The monoisotopic (exact) mass is 402 g/mol. The highest BCUT2D eigenvalue weighted by atomic mass is 32.2. The molecule has 1 aromatic heterocycles. The normalized spacial score (nSPS) is 28.2. The summed E-state index contributed by atoms with van der Waals surface area (Å²) in [5.74, 6) is 0.839. The van der Waals surface area contributed by atoms with Gasteiger partial charge in [-0.1, -0.05) is 12.1 Å². The number of benzene rings is 1. The molecule has 3 heterocycles. The molecule has 0 amide bonds. The fraction of sp³-hybridized carbons (Fsp3) is 0.476. The van der Waals surface area contributed by atoms with Crippen LogP contribution in [0.2, 0.25) is 0 Å². The zero-order chi connectivity index (χ0) is 19.5. The fourth-order valence-electron chi connectivity index (χ4n) is 3.68. The number of hydrogen-bond acceptors (Lipinski definition) is 7. The Labute approximate surface area is 169 Å². The van der Waals surface area contributed by atoms with E-state index < -0.39 is 23.7 Å². The number of pyridine rings is 1. The molecule has 0 unspecified atom stereocenters. The van der Waals surface area contributed by atoms with Crippen LogP contribution in [0.15, 0.2) is 42.7 Å². The highest BCUT2D eigenvalue weighted by Crippen LogP contribution is 2.31. The average molecular weight is 403 g/mol. The maximum atomic E-state index is 10.1. The molecule has 28 heavy (non-hydrogen) atoms. The molecule has 2 aliphatic rings. The number of piperidine rings is 1. The Balaban J connectivity index is 1.46. The molecule has 1 aromatic carbocycles. The van der Waals surface area contributed by atoms with E-state index in [4.69, 9.17) is 4.74 Å². The highest BCUT2D eigenvalue weighted by molar-refractivity contribution is 7.99. The lowest BCUT2D eigenvalue weighted by molar-refractivity contribution is -0.0786. The minimum atomic E-state index is -1.20. The molecular weight excluding hydrogens is 376 g/mol. The molecule has 2 aliphatic heterocycles. The molecule has 0 saturated carbocycles. The minimum absolute atomic E-state index is 0.313. The number of nitrogens with zero attached hydrogens (tertiary/aromatic N) is 2. The first kappa shape index (κ1) is 19.5. The smallest absolute Gasteiger partial charge is 0.173 e. The number of anilines is 1. The molecule has 2 saturated heterocycles. The van der Waals surface area contributed by atoms with Gasteiger partial charge < -0.3 is 25.0 Å². The summed E-state index contributed by atoms with van der Waals surface area (Å²) in [5, 5.41) is 29.6. The first-order valence-electron chi connectivity index (χ1n) is 9.75. The molecule has 2 aromatic rings. The van der Waals surface area contributed by atoms with Crippen LogP contribution in [0, 0.1) is 0 Å². The Morgan fingerprint density at radius 3 is 2.43 bits per heavy atom. The van der Waals surface area contributed by atoms with E-state index in [0.29, 0.717) is 11.5 Å². The number of aromatic nitrogens is 1. The summed E-state index contributed by atoms with van der Waals surface area (Å²) < 4.78 is 5.84. The van der Waals surface area contributed by atoms with Gasteiger partial charge in [-0.2, -0.15) is 0 Å². The lowest BCUT2D eigenvalue weighted by Gasteiger charge is -2.34. The van der Waals surface area contributed by atoms with Crippen molar-refractivity contribution in [2.75, 3.05) is 23.7 Å². The van der Waals surface area contributed by atoms with Crippen LogP contribution >= 0.6 is 11.8 Å². The lowest BCUT2D eigenvalue weighted by Crippen LogP contribution is -2.50. The molecule has 3 N–H and O–H groups in total. The Bertz CT molecular complexity index is 782. The molecule has 0 spiro atoms. The topological polar surface area (TPSA) is 86.0 Å². The third kappa shape index (κ3) is 4.27. The molecule has 6 nitrogen and oxygen atoms in total. The zero-order valence-corrected chi connectivity index (χ0v) is 16.5. The summed E-state index contributed by atoms with van der Waals surface area (Å²) in [5.41, 5.74) is 2.58. The SMILES string of the molecule is O[C@@H]1[C@@H](O)[C@@H](Oc2cncc(-c3ccc(N4CCCCC4)cc3)c2)SC[C@H]1O. The van der Waals surface area contributed by atoms with Crippen molar-refractivity contribution in [3.8, 4) is 16.9 Å². The molecule has 4 atom stereocenters. The number of rotatable bonds is 4. The molecule has 0 bridgehead atoms. The van der Waals surface area contributed by atoms with Crippen LogP contribution in [-0.2, 0) is 0 Å². The maximum absolute atomic E-state index is 10.1. The summed E-state index contributed by atoms with van der Waals surface area (Å²) in [6, 6.07) is 10.4. The van der Waals surface area contributed by atoms with Gasteiger partial charge in [-0.15, -0.1) is 11.8 Å². The molecule has 7 heteroatoms. The third-order valence-electron chi connectivity index (χ3n) is 5.34. The van der Waals surface area contributed by atoms with Gasteiger partial charge in [0.1, 0.15) is 18.0 Å². The molecule has 4 rings (SSSR count). The van der Waals surface area contributed by atoms with E-state index in [1.165, 1.54) is 36.7 Å². The fourth-order valence-corrected chi connectivity index (χ4v) is 4.80. The van der Waals surface area contributed by atoms with Crippen molar-refractivity contribution >= 4 is 17.4 Å². The Morgan fingerprint density at radius 2 is 1.68 bits per heavy atom. The van der Waals surface area contributed by atoms with Gasteiger partial charge in [0.05, 0.1) is 12.3 Å². The van der Waals surface area contributed by atoms with Crippen LogP contribution in [0.25, 0.3) is 11.1 Å². The van der Waals surface area contributed by atoms with Crippen LogP contribution in [-0.4, -0.2) is 62.9 Å². The van der Waals surface area contributed by atoms with E-state index in [9.17, 15) is 15.3 Å². The van der Waals surface area contributed by atoms with Crippen LogP contribution in [0.3, 0.4) is 0 Å². The first-order valence-corrected chi connectivity index (χ1v) is 10.8. The van der Waals surface area contributed by atoms with E-state index in [0.717, 1.165) is 24.2 Å². The summed E-state index contributed by atoms with van der Waals surface area (Å²) in [4.78, 5) is 6.68. The molecule has 0 radical (unpaired) electrons. The van der Waals surface area contributed by atoms with Gasteiger partial charge in [-0.25, -0.2) is 0 Å². The van der Waals surface area contributed by atoms with Crippen LogP contribution in [0.4, 0.5) is 5.69 Å². The standard InChI is InChI=1S/C21H26N2O4S/c24-18-13-28-21(20(26)19(18)25)27-17-10-15(11-22-12-17)14-4-6-16(7-5-14)23-8-2-1-3-9-23/h4-7,10-12,18-21,24-26H,1-3,8-9,13H2/t18-,19+,20-,21+/m1/s1. The summed E-state index contributed by atoms with van der Waals surface area (Å²) >= 11 is 1.28. The van der Waals surface area contributed by atoms with Crippen molar-refractivity contribution in [3.63, 3.8) is 0 Å². The van der Waals surface area contributed by atoms with Gasteiger partial charge in [-0.3, -0.25) is 4.98 Å². The third-order valence-corrected chi connectivity index (χ3v) is 6.58. The Hall–Kier alpha value is -1.80. The van der Waals surface area contributed by atoms with Crippen molar-refractivity contribution in [2.24, 2.45) is 0 Å². The van der Waals surface area contributed by atoms with Gasteiger partial charge in [0, 0.05) is 36.3 Å². The second-order valence-corrected chi connectivity index (χ2v) is 8.50. The number of thioether (sulfide) groups is 1. The van der Waals surface area contributed by atoms with Gasteiger partial charge >= 0.3 is 0 Å². The molecular formula is C21H26N2O4S. The Kier molecular flexibility index (Phi) is 6.06. The van der Waals surface area contributed by atoms with Gasteiger partial charge in [0.2, 0.25) is 0 Å². The van der Waals surface area contributed by atoms with Crippen molar-refractivity contribution in [3.05, 3.63) is 42.7 Å². The van der Waals surface area contributed by atoms with Gasteiger partial charge in [0.25, 0.3) is 0 Å². The van der Waals surface area contributed by atoms with E-state index in [1.54, 1.807) is 12.4 Å². The minimum Gasteiger partial charge on any atom is -0.475 e. The second kappa shape index (κ2) is 8.69. The van der Waals surface area contributed by atoms with Crippen LogP contribution in [0.5, 0.6) is 5.75 Å². The average Bonchev–Trinajstić information content (AvgIpc) is 2.75. The lowest BCUT2D eigenvalue weighted by atomic mass is 10.1. The van der Waals surface area contributed by atoms with Crippen molar-refractivity contribution in [1.82, 2.24) is 4.98 Å². The zero-order valence-electron chi connectivity index (χ0n) is 15.6. The summed E-state index contributed by atoms with van der Waals surface area (Å²) in [6.07, 6.45) is 3.90. The van der Waals surface area contributed by atoms with E-state index in [2.05, 4.69) is 34.1 Å². The summed E-state index contributed by atoms with van der Waals surface area (Å²) in [6.45, 7) is 2.23. The van der Waals surface area contributed by atoms with E-state index >= 15 is 0 Å². The number of ether oxygens (including phenoxy) is 1. The molecule has 2 fully saturated rings. The maximum Gasteiger partial charge on any atom is 0.173 e. The predicted molar refractivity (Wildman–Crippen MR) is 111 cm³/mol. The van der Waals surface area contributed by atoms with E-state index in [1.807, 2.05) is 6.07 Å². The van der Waals surface area contributed by atoms with Gasteiger partial charge in [0.15, 0.2) is 5.44 Å². The molecule has 150 valence electrons. The Morgan fingerprint density at radius 1 is 0.929 bits per heavy atom. The summed E-state index contributed by atoms with van der Waals surface area (Å²) in [7, 11) is 0. The largest absolute Gasteiger partial charge is 0.475 e. The predicted octanol–water partition coefficient (Wildman–Crippen LogP) is 2.27. The van der Waals surface area contributed by atoms with Crippen LogP contribution in [0.1, 0.15) is 19.3 Å². The number of hydrogen-bond donors (Lipinski definition) is 3. The van der Waals surface area contributed by atoms with Crippen molar-refractivity contribution < 1.29 is 20.1 Å². The number of aliphatic hydroxyl groups excluding tert-OH is 3. The second-order valence-electron chi connectivity index (χ2n) is 7.37. The van der Waals surface area contributed by atoms with Crippen molar-refractivity contribution in [1.29, 1.82) is 0 Å². The van der Waals surface area contributed by atoms with Gasteiger partial charge in [-0.05, 0) is 43.0 Å². The van der Waals surface area contributed by atoms with Crippen LogP contribution < -0.4 is 9.64 Å². The quantitative estimate of drug-likeness (QED) is 0.723. The highest BCUT2D eigenvalue weighted by Gasteiger charge is 2.38. The van der Waals surface area contributed by atoms with Crippen molar-refractivity contribution in [2.45, 2.75) is 43.0 Å². The van der Waals surface area contributed by atoms with E-state index in [-0.39, 0.29) is 0 Å².